The number of hydrogen-bond acceptors (Lipinski definition) is 4. The lowest BCUT2D eigenvalue weighted by Gasteiger charge is -2.12. The number of nitrogens with one attached hydrogen (secondary N) is 2. The van der Waals surface area contributed by atoms with Crippen molar-refractivity contribution in [3.63, 3.8) is 0 Å². The molecule has 2 amide bonds. The van der Waals surface area contributed by atoms with Crippen LogP contribution in [0.5, 0.6) is 0 Å². The van der Waals surface area contributed by atoms with Gasteiger partial charge in [-0.15, -0.1) is 0 Å². The van der Waals surface area contributed by atoms with E-state index in [0.717, 1.165) is 0 Å². The van der Waals surface area contributed by atoms with E-state index in [4.69, 9.17) is 4.74 Å². The fourth-order valence-corrected chi connectivity index (χ4v) is 2.20. The highest BCUT2D eigenvalue weighted by Crippen LogP contribution is 2.19. The number of benzene rings is 2. The molecule has 0 saturated carbocycles. The maximum absolute atomic E-state index is 12.5. The van der Waals surface area contributed by atoms with E-state index in [-0.39, 0.29) is 29.9 Å². The van der Waals surface area contributed by atoms with E-state index in [2.05, 4.69) is 10.6 Å². The standard InChI is InChI=1S/C20H22N2O4/c1-4-26-20(25)16-10-5-6-11-17(16)22-19(24)14-8-7-9-15(12-14)21-18(23)13(2)3/h5-13H,4H2,1-3H3,(H,21,23)(H,22,24). The van der Waals surface area contributed by atoms with E-state index in [1.54, 1.807) is 69.3 Å². The van der Waals surface area contributed by atoms with Gasteiger partial charge in [0.05, 0.1) is 17.9 Å². The third-order valence-electron chi connectivity index (χ3n) is 3.59. The van der Waals surface area contributed by atoms with Gasteiger partial charge in [0.15, 0.2) is 0 Å². The van der Waals surface area contributed by atoms with Crippen LogP contribution < -0.4 is 10.6 Å². The topological polar surface area (TPSA) is 84.5 Å². The fraction of sp³-hybridized carbons (Fsp3) is 0.250. The second-order valence-corrected chi connectivity index (χ2v) is 5.94. The van der Waals surface area contributed by atoms with Gasteiger partial charge in [0, 0.05) is 17.2 Å². The highest BCUT2D eigenvalue weighted by atomic mass is 16.5. The summed E-state index contributed by atoms with van der Waals surface area (Å²) in [7, 11) is 0. The van der Waals surface area contributed by atoms with Crippen molar-refractivity contribution in [2.45, 2.75) is 20.8 Å². The molecule has 26 heavy (non-hydrogen) atoms. The first-order chi connectivity index (χ1) is 12.4. The average Bonchev–Trinajstić information content (AvgIpc) is 2.62. The van der Waals surface area contributed by atoms with Gasteiger partial charge in [-0.1, -0.05) is 32.0 Å². The van der Waals surface area contributed by atoms with E-state index in [9.17, 15) is 14.4 Å². The number of esters is 1. The molecule has 136 valence electrons. The van der Waals surface area contributed by atoms with Crippen molar-refractivity contribution in [3.8, 4) is 0 Å². The summed E-state index contributed by atoms with van der Waals surface area (Å²) in [4.78, 5) is 36.3. The van der Waals surface area contributed by atoms with Crippen molar-refractivity contribution < 1.29 is 19.1 Å². The van der Waals surface area contributed by atoms with E-state index in [1.165, 1.54) is 0 Å². The molecule has 0 spiro atoms. The SMILES string of the molecule is CCOC(=O)c1ccccc1NC(=O)c1cccc(NC(=O)C(C)C)c1. The monoisotopic (exact) mass is 354 g/mol. The average molecular weight is 354 g/mol. The zero-order valence-corrected chi connectivity index (χ0v) is 15.0. The first kappa shape index (κ1) is 19.2. The molecule has 6 nitrogen and oxygen atoms in total. The summed E-state index contributed by atoms with van der Waals surface area (Å²) in [6, 6.07) is 13.3. The molecule has 0 radical (unpaired) electrons. The van der Waals surface area contributed by atoms with E-state index in [1.807, 2.05) is 0 Å². The van der Waals surface area contributed by atoms with Crippen LogP contribution in [-0.2, 0) is 9.53 Å². The predicted molar refractivity (Wildman–Crippen MR) is 100 cm³/mol. The maximum atomic E-state index is 12.5. The Balaban J connectivity index is 2.18. The molecule has 0 aliphatic rings. The molecule has 0 saturated heterocycles. The minimum Gasteiger partial charge on any atom is -0.462 e. The summed E-state index contributed by atoms with van der Waals surface area (Å²) in [5.41, 5.74) is 1.56. The normalized spacial score (nSPS) is 10.3. The maximum Gasteiger partial charge on any atom is 0.340 e. The summed E-state index contributed by atoms with van der Waals surface area (Å²) in [5, 5.41) is 5.47. The van der Waals surface area contributed by atoms with Crippen LogP contribution in [-0.4, -0.2) is 24.4 Å². The fourth-order valence-electron chi connectivity index (χ4n) is 2.20. The van der Waals surface area contributed by atoms with Crippen LogP contribution in [0.15, 0.2) is 48.5 Å². The molecule has 2 aromatic carbocycles. The van der Waals surface area contributed by atoms with Crippen molar-refractivity contribution in [2.75, 3.05) is 17.2 Å². The van der Waals surface area contributed by atoms with Crippen molar-refractivity contribution in [1.82, 2.24) is 0 Å². The molecule has 2 N–H and O–H groups in total. The second kappa shape index (κ2) is 8.80. The predicted octanol–water partition coefficient (Wildman–Crippen LogP) is 3.71. The number of anilines is 2. The highest BCUT2D eigenvalue weighted by molar-refractivity contribution is 6.08. The first-order valence-electron chi connectivity index (χ1n) is 8.40. The molecule has 2 rings (SSSR count). The van der Waals surface area contributed by atoms with Crippen LogP contribution in [0.1, 0.15) is 41.5 Å². The molecule has 2 aromatic rings. The van der Waals surface area contributed by atoms with E-state index < -0.39 is 5.97 Å². The van der Waals surface area contributed by atoms with Crippen LogP contribution in [0.3, 0.4) is 0 Å². The molecule has 0 atom stereocenters. The third-order valence-corrected chi connectivity index (χ3v) is 3.59. The Morgan fingerprint density at radius 3 is 2.42 bits per heavy atom. The summed E-state index contributed by atoms with van der Waals surface area (Å²) in [6.45, 7) is 5.55. The molecule has 6 heteroatoms. The van der Waals surface area contributed by atoms with E-state index in [0.29, 0.717) is 16.9 Å². The smallest absolute Gasteiger partial charge is 0.340 e. The van der Waals surface area contributed by atoms with Crippen molar-refractivity contribution >= 4 is 29.2 Å². The van der Waals surface area contributed by atoms with Gasteiger partial charge in [0.25, 0.3) is 5.91 Å². The van der Waals surface area contributed by atoms with Crippen LogP contribution in [0.25, 0.3) is 0 Å². The summed E-state index contributed by atoms with van der Waals surface area (Å²) in [5.74, 6) is -1.18. The Labute approximate surface area is 152 Å². The number of ether oxygens (including phenoxy) is 1. The Morgan fingerprint density at radius 1 is 1.00 bits per heavy atom. The van der Waals surface area contributed by atoms with Crippen molar-refractivity contribution in [3.05, 3.63) is 59.7 Å². The molecule has 0 unspecified atom stereocenters. The summed E-state index contributed by atoms with van der Waals surface area (Å²) in [6.07, 6.45) is 0. The molecular weight excluding hydrogens is 332 g/mol. The zero-order valence-electron chi connectivity index (χ0n) is 15.0. The largest absolute Gasteiger partial charge is 0.462 e. The number of amides is 2. The van der Waals surface area contributed by atoms with Gasteiger partial charge in [0.2, 0.25) is 5.91 Å². The van der Waals surface area contributed by atoms with E-state index >= 15 is 0 Å². The lowest BCUT2D eigenvalue weighted by atomic mass is 10.1. The Bertz CT molecular complexity index is 815. The van der Waals surface area contributed by atoms with Gasteiger partial charge in [-0.25, -0.2) is 4.79 Å². The Hall–Kier alpha value is -3.15. The summed E-state index contributed by atoms with van der Waals surface area (Å²) >= 11 is 0. The van der Waals surface area contributed by atoms with Crippen molar-refractivity contribution in [1.29, 1.82) is 0 Å². The first-order valence-corrected chi connectivity index (χ1v) is 8.40. The molecule has 0 heterocycles. The molecule has 0 bridgehead atoms. The molecule has 0 aliphatic carbocycles. The van der Waals surface area contributed by atoms with Crippen LogP contribution in [0.4, 0.5) is 11.4 Å². The molecular formula is C20H22N2O4. The second-order valence-electron chi connectivity index (χ2n) is 5.94. The van der Waals surface area contributed by atoms with Gasteiger partial charge < -0.3 is 15.4 Å². The van der Waals surface area contributed by atoms with Gasteiger partial charge in [-0.3, -0.25) is 9.59 Å². The minimum atomic E-state index is -0.499. The number of rotatable bonds is 6. The van der Waals surface area contributed by atoms with Crippen LogP contribution in [0, 0.1) is 5.92 Å². The zero-order chi connectivity index (χ0) is 19.1. The van der Waals surface area contributed by atoms with Gasteiger partial charge in [0.1, 0.15) is 0 Å². The molecule has 0 fully saturated rings. The Morgan fingerprint density at radius 2 is 1.73 bits per heavy atom. The van der Waals surface area contributed by atoms with Gasteiger partial charge in [-0.05, 0) is 37.3 Å². The van der Waals surface area contributed by atoms with Gasteiger partial charge in [-0.2, -0.15) is 0 Å². The lowest BCUT2D eigenvalue weighted by Crippen LogP contribution is -2.19. The minimum absolute atomic E-state index is 0.129. The van der Waals surface area contributed by atoms with Crippen molar-refractivity contribution in [2.24, 2.45) is 5.92 Å². The van der Waals surface area contributed by atoms with Crippen LogP contribution in [0.2, 0.25) is 0 Å². The van der Waals surface area contributed by atoms with Crippen LogP contribution >= 0.6 is 0 Å². The third kappa shape index (κ3) is 4.92. The molecule has 0 aliphatic heterocycles. The number of para-hydroxylation sites is 1. The number of carbonyl (C=O) groups excluding carboxylic acids is 3. The quantitative estimate of drug-likeness (QED) is 0.775. The highest BCUT2D eigenvalue weighted by Gasteiger charge is 2.15. The lowest BCUT2D eigenvalue weighted by molar-refractivity contribution is -0.118. The summed E-state index contributed by atoms with van der Waals surface area (Å²) < 4.78 is 5.00. The molecule has 0 aromatic heterocycles. The number of carbonyl (C=O) groups is 3. The Kier molecular flexibility index (Phi) is 6.49. The van der Waals surface area contributed by atoms with Gasteiger partial charge >= 0.3 is 5.97 Å². The number of hydrogen-bond donors (Lipinski definition) is 2.